The summed E-state index contributed by atoms with van der Waals surface area (Å²) in [5, 5.41) is 0. The number of para-hydroxylation sites is 1. The van der Waals surface area contributed by atoms with E-state index in [1.54, 1.807) is 4.90 Å². The van der Waals surface area contributed by atoms with E-state index in [1.807, 2.05) is 35.2 Å². The number of nitrogens with two attached hydrogens (primary N) is 1. The fourth-order valence-corrected chi connectivity index (χ4v) is 4.52. The predicted molar refractivity (Wildman–Crippen MR) is 122 cm³/mol. The molecule has 0 atom stereocenters. The molecule has 2 aliphatic rings. The van der Waals surface area contributed by atoms with E-state index in [-0.39, 0.29) is 24.5 Å². The Morgan fingerprint density at radius 2 is 1.74 bits per heavy atom. The SMILES string of the molecule is CCCCC1(CCCC)N=C(N)N(C2CCN(C(=O)COc3ccccc3)CC2)C1=O. The van der Waals surface area contributed by atoms with Crippen molar-refractivity contribution in [3.63, 3.8) is 0 Å². The Hall–Kier alpha value is -2.57. The summed E-state index contributed by atoms with van der Waals surface area (Å²) in [5.41, 5.74) is 5.59. The standard InChI is InChI=1S/C24H36N4O3/c1-3-5-14-24(15-6-4-2)22(30)28(23(25)26-24)19-12-16-27(17-13-19)21(29)18-31-20-10-8-7-9-11-20/h7-11,19H,3-6,12-18H2,1-2H3,(H2,25,26). The van der Waals surface area contributed by atoms with Crippen molar-refractivity contribution >= 4 is 17.8 Å². The minimum atomic E-state index is -0.688. The van der Waals surface area contributed by atoms with Crippen LogP contribution in [0.5, 0.6) is 5.75 Å². The van der Waals surface area contributed by atoms with Crippen LogP contribution in [0.2, 0.25) is 0 Å². The van der Waals surface area contributed by atoms with Crippen LogP contribution in [0, 0.1) is 0 Å². The van der Waals surface area contributed by atoms with Crippen molar-refractivity contribution in [2.75, 3.05) is 19.7 Å². The fourth-order valence-electron chi connectivity index (χ4n) is 4.52. The van der Waals surface area contributed by atoms with E-state index in [0.717, 1.165) is 38.5 Å². The summed E-state index contributed by atoms with van der Waals surface area (Å²) in [4.78, 5) is 34.3. The number of unbranched alkanes of at least 4 members (excludes halogenated alkanes) is 2. The molecule has 1 saturated heterocycles. The predicted octanol–water partition coefficient (Wildman–Crippen LogP) is 3.33. The number of ether oxygens (including phenoxy) is 1. The normalized spacial score (nSPS) is 18.9. The average molecular weight is 429 g/mol. The van der Waals surface area contributed by atoms with Gasteiger partial charge in [0.2, 0.25) is 0 Å². The first-order valence-corrected chi connectivity index (χ1v) is 11.7. The van der Waals surface area contributed by atoms with Crippen molar-refractivity contribution in [1.29, 1.82) is 0 Å². The summed E-state index contributed by atoms with van der Waals surface area (Å²) in [7, 11) is 0. The van der Waals surface area contributed by atoms with Gasteiger partial charge in [-0.3, -0.25) is 14.5 Å². The third-order valence-electron chi connectivity index (χ3n) is 6.37. The van der Waals surface area contributed by atoms with Gasteiger partial charge in [-0.05, 0) is 37.8 Å². The summed E-state index contributed by atoms with van der Waals surface area (Å²) in [6.45, 7) is 5.47. The highest BCUT2D eigenvalue weighted by molar-refractivity contribution is 6.07. The number of benzene rings is 1. The molecule has 0 radical (unpaired) electrons. The van der Waals surface area contributed by atoms with E-state index in [0.29, 0.717) is 37.6 Å². The lowest BCUT2D eigenvalue weighted by atomic mass is 9.86. The first-order chi connectivity index (χ1) is 15.0. The zero-order valence-electron chi connectivity index (χ0n) is 18.9. The van der Waals surface area contributed by atoms with Crippen molar-refractivity contribution < 1.29 is 14.3 Å². The molecule has 2 heterocycles. The van der Waals surface area contributed by atoms with E-state index in [9.17, 15) is 9.59 Å². The smallest absolute Gasteiger partial charge is 0.260 e. The van der Waals surface area contributed by atoms with Crippen LogP contribution < -0.4 is 10.5 Å². The monoisotopic (exact) mass is 428 g/mol. The molecule has 0 aliphatic carbocycles. The number of aliphatic imine (C=N–C) groups is 1. The van der Waals surface area contributed by atoms with Gasteiger partial charge in [0, 0.05) is 19.1 Å². The Labute approximate surface area is 185 Å². The molecule has 31 heavy (non-hydrogen) atoms. The summed E-state index contributed by atoms with van der Waals surface area (Å²) in [5.74, 6) is 1.07. The largest absolute Gasteiger partial charge is 0.484 e. The third kappa shape index (κ3) is 5.38. The summed E-state index contributed by atoms with van der Waals surface area (Å²) in [6, 6.07) is 9.35. The summed E-state index contributed by atoms with van der Waals surface area (Å²) >= 11 is 0. The van der Waals surface area contributed by atoms with Crippen LogP contribution in [0.4, 0.5) is 0 Å². The van der Waals surface area contributed by atoms with Gasteiger partial charge in [-0.25, -0.2) is 4.99 Å². The number of hydrogen-bond acceptors (Lipinski definition) is 5. The molecule has 7 heteroatoms. The maximum atomic E-state index is 13.5. The van der Waals surface area contributed by atoms with Crippen LogP contribution in [0.3, 0.4) is 0 Å². The molecule has 2 aliphatic heterocycles. The topological polar surface area (TPSA) is 88.2 Å². The lowest BCUT2D eigenvalue weighted by Gasteiger charge is -2.37. The zero-order valence-corrected chi connectivity index (χ0v) is 18.9. The molecule has 0 unspecified atom stereocenters. The molecular formula is C24H36N4O3. The lowest BCUT2D eigenvalue weighted by molar-refractivity contribution is -0.136. The van der Waals surface area contributed by atoms with Gasteiger partial charge in [0.25, 0.3) is 11.8 Å². The average Bonchev–Trinajstić information content (AvgIpc) is 3.05. The molecule has 1 aromatic rings. The number of amides is 2. The van der Waals surface area contributed by atoms with E-state index >= 15 is 0 Å². The van der Waals surface area contributed by atoms with Gasteiger partial charge in [0.05, 0.1) is 0 Å². The van der Waals surface area contributed by atoms with Crippen LogP contribution in [0.25, 0.3) is 0 Å². The number of piperidine rings is 1. The van der Waals surface area contributed by atoms with Crippen LogP contribution >= 0.6 is 0 Å². The van der Waals surface area contributed by atoms with Crippen LogP contribution in [0.1, 0.15) is 65.2 Å². The Balaban J connectivity index is 1.56. The molecule has 1 aromatic carbocycles. The minimum absolute atomic E-state index is 0.000435. The molecule has 170 valence electrons. The Kier molecular flexibility index (Phi) is 7.93. The minimum Gasteiger partial charge on any atom is -0.484 e. The van der Waals surface area contributed by atoms with Crippen LogP contribution in [0.15, 0.2) is 35.3 Å². The second-order valence-corrected chi connectivity index (χ2v) is 8.60. The van der Waals surface area contributed by atoms with Crippen molar-refractivity contribution in [2.45, 2.75) is 76.8 Å². The number of likely N-dealkylation sites (tertiary alicyclic amines) is 1. The number of carbonyl (C=O) groups excluding carboxylic acids is 2. The molecule has 0 bridgehead atoms. The van der Waals surface area contributed by atoms with Gasteiger partial charge < -0.3 is 15.4 Å². The van der Waals surface area contributed by atoms with Crippen molar-refractivity contribution in [2.24, 2.45) is 10.7 Å². The molecule has 7 nitrogen and oxygen atoms in total. The van der Waals surface area contributed by atoms with Crippen LogP contribution in [-0.4, -0.2) is 58.9 Å². The summed E-state index contributed by atoms with van der Waals surface area (Å²) in [6.07, 6.45) is 6.92. The molecule has 2 amide bonds. The van der Waals surface area contributed by atoms with Gasteiger partial charge in [-0.2, -0.15) is 0 Å². The second-order valence-electron chi connectivity index (χ2n) is 8.60. The van der Waals surface area contributed by atoms with Crippen molar-refractivity contribution in [3.8, 4) is 5.75 Å². The zero-order chi connectivity index (χ0) is 22.3. The van der Waals surface area contributed by atoms with Gasteiger partial charge in [-0.15, -0.1) is 0 Å². The number of nitrogens with zero attached hydrogens (tertiary/aromatic N) is 3. The van der Waals surface area contributed by atoms with E-state index < -0.39 is 5.54 Å². The molecule has 2 N–H and O–H groups in total. The second kappa shape index (κ2) is 10.6. The highest BCUT2D eigenvalue weighted by atomic mass is 16.5. The molecular weight excluding hydrogens is 392 g/mol. The third-order valence-corrected chi connectivity index (χ3v) is 6.37. The highest BCUT2D eigenvalue weighted by Crippen LogP contribution is 2.35. The maximum Gasteiger partial charge on any atom is 0.260 e. The Morgan fingerprint density at radius 3 is 2.32 bits per heavy atom. The molecule has 1 fully saturated rings. The first kappa shape index (κ1) is 23.1. The molecule has 0 spiro atoms. The molecule has 3 rings (SSSR count). The number of guanidine groups is 1. The van der Waals surface area contributed by atoms with Crippen molar-refractivity contribution in [1.82, 2.24) is 9.80 Å². The van der Waals surface area contributed by atoms with Gasteiger partial charge in [-0.1, -0.05) is 57.7 Å². The van der Waals surface area contributed by atoms with E-state index in [2.05, 4.69) is 13.8 Å². The number of hydrogen-bond donors (Lipinski definition) is 1. The van der Waals surface area contributed by atoms with E-state index in [1.165, 1.54) is 0 Å². The quantitative estimate of drug-likeness (QED) is 0.619. The van der Waals surface area contributed by atoms with Gasteiger partial charge in [0.15, 0.2) is 12.6 Å². The summed E-state index contributed by atoms with van der Waals surface area (Å²) < 4.78 is 5.59. The first-order valence-electron chi connectivity index (χ1n) is 11.7. The van der Waals surface area contributed by atoms with Gasteiger partial charge in [0.1, 0.15) is 11.3 Å². The number of carbonyl (C=O) groups is 2. The lowest BCUT2D eigenvalue weighted by Crippen LogP contribution is -2.54. The molecule has 0 aromatic heterocycles. The fraction of sp³-hybridized carbons (Fsp3) is 0.625. The number of rotatable bonds is 10. The Bertz CT molecular complexity index is 764. The maximum absolute atomic E-state index is 13.5. The highest BCUT2D eigenvalue weighted by Gasteiger charge is 2.49. The Morgan fingerprint density at radius 1 is 1.13 bits per heavy atom. The van der Waals surface area contributed by atoms with Gasteiger partial charge >= 0.3 is 0 Å². The van der Waals surface area contributed by atoms with Crippen molar-refractivity contribution in [3.05, 3.63) is 30.3 Å². The van der Waals surface area contributed by atoms with E-state index in [4.69, 9.17) is 15.5 Å². The molecule has 0 saturated carbocycles. The van der Waals surface area contributed by atoms with Crippen LogP contribution in [-0.2, 0) is 9.59 Å².